The highest BCUT2D eigenvalue weighted by molar-refractivity contribution is 6.33. The lowest BCUT2D eigenvalue weighted by atomic mass is 10.3. The van der Waals surface area contributed by atoms with Crippen molar-refractivity contribution in [1.29, 1.82) is 0 Å². The maximum absolute atomic E-state index is 11.6. The van der Waals surface area contributed by atoms with E-state index in [2.05, 4.69) is 10.6 Å². The van der Waals surface area contributed by atoms with E-state index in [1.807, 2.05) is 6.92 Å². The van der Waals surface area contributed by atoms with Gasteiger partial charge < -0.3 is 15.4 Å². The van der Waals surface area contributed by atoms with Crippen LogP contribution < -0.4 is 15.4 Å². The van der Waals surface area contributed by atoms with Gasteiger partial charge in [0.05, 0.1) is 24.4 Å². The number of carbonyl (C=O) groups excluding carboxylic acids is 1. The number of benzene rings is 1. The van der Waals surface area contributed by atoms with Crippen LogP contribution in [-0.2, 0) is 4.79 Å². The van der Waals surface area contributed by atoms with Crippen LogP contribution in [0.15, 0.2) is 18.2 Å². The number of rotatable bonds is 6. The number of carbonyl (C=O) groups is 1. The van der Waals surface area contributed by atoms with Gasteiger partial charge in [-0.1, -0.05) is 18.5 Å². The van der Waals surface area contributed by atoms with Crippen molar-refractivity contribution in [3.8, 4) is 5.75 Å². The van der Waals surface area contributed by atoms with Gasteiger partial charge in [0.1, 0.15) is 5.75 Å². The molecular formula is C12H17ClN2O2. The zero-order valence-corrected chi connectivity index (χ0v) is 10.8. The molecule has 1 amide bonds. The topological polar surface area (TPSA) is 50.4 Å². The Morgan fingerprint density at radius 1 is 1.47 bits per heavy atom. The molecule has 0 radical (unpaired) electrons. The van der Waals surface area contributed by atoms with Gasteiger partial charge >= 0.3 is 0 Å². The van der Waals surface area contributed by atoms with Crippen molar-refractivity contribution in [2.45, 2.75) is 13.3 Å². The molecule has 0 atom stereocenters. The van der Waals surface area contributed by atoms with Gasteiger partial charge in [-0.05, 0) is 25.1 Å². The molecular weight excluding hydrogens is 240 g/mol. The summed E-state index contributed by atoms with van der Waals surface area (Å²) in [5, 5.41) is 6.24. The van der Waals surface area contributed by atoms with Crippen molar-refractivity contribution in [3.63, 3.8) is 0 Å². The van der Waals surface area contributed by atoms with Gasteiger partial charge in [0, 0.05) is 6.07 Å². The molecule has 0 heterocycles. The standard InChI is InChI=1S/C12H17ClN2O2/c1-3-6-14-8-12(16)15-11-7-9(17-2)4-5-10(11)13/h4-5,7,14H,3,6,8H2,1-2H3,(H,15,16). The molecule has 0 aliphatic carbocycles. The molecule has 5 heteroatoms. The molecule has 0 unspecified atom stereocenters. The van der Waals surface area contributed by atoms with Crippen LogP contribution in [0.5, 0.6) is 5.75 Å². The van der Waals surface area contributed by atoms with Crippen LogP contribution >= 0.6 is 11.6 Å². The first-order valence-corrected chi connectivity index (χ1v) is 5.89. The Labute approximate surface area is 106 Å². The Hall–Kier alpha value is -1.26. The second-order valence-corrected chi connectivity index (χ2v) is 3.98. The van der Waals surface area contributed by atoms with Gasteiger partial charge in [0.15, 0.2) is 0 Å². The first kappa shape index (κ1) is 13.8. The molecule has 1 aromatic rings. The Morgan fingerprint density at radius 2 is 2.24 bits per heavy atom. The quantitative estimate of drug-likeness (QED) is 0.768. The molecule has 0 fully saturated rings. The SMILES string of the molecule is CCCNCC(=O)Nc1cc(OC)ccc1Cl. The molecule has 1 aromatic carbocycles. The average molecular weight is 257 g/mol. The molecule has 17 heavy (non-hydrogen) atoms. The predicted octanol–water partition coefficient (Wildman–Crippen LogP) is 2.29. The highest BCUT2D eigenvalue weighted by atomic mass is 35.5. The molecule has 1 rings (SSSR count). The van der Waals surface area contributed by atoms with Gasteiger partial charge in [-0.2, -0.15) is 0 Å². The van der Waals surface area contributed by atoms with E-state index in [1.165, 1.54) is 0 Å². The van der Waals surface area contributed by atoms with Crippen LogP contribution in [0.1, 0.15) is 13.3 Å². The fourth-order valence-corrected chi connectivity index (χ4v) is 1.47. The van der Waals surface area contributed by atoms with Crippen molar-refractivity contribution in [1.82, 2.24) is 5.32 Å². The van der Waals surface area contributed by atoms with E-state index in [1.54, 1.807) is 25.3 Å². The number of amides is 1. The average Bonchev–Trinajstić information content (AvgIpc) is 2.32. The van der Waals surface area contributed by atoms with E-state index in [9.17, 15) is 4.79 Å². The molecule has 0 aliphatic heterocycles. The molecule has 0 aromatic heterocycles. The second-order valence-electron chi connectivity index (χ2n) is 3.57. The Morgan fingerprint density at radius 3 is 2.88 bits per heavy atom. The van der Waals surface area contributed by atoms with Crippen LogP contribution in [0.4, 0.5) is 5.69 Å². The van der Waals surface area contributed by atoms with Gasteiger partial charge in [-0.3, -0.25) is 4.79 Å². The minimum absolute atomic E-state index is 0.117. The molecule has 94 valence electrons. The number of hydrogen-bond acceptors (Lipinski definition) is 3. The number of ether oxygens (including phenoxy) is 1. The second kappa shape index (κ2) is 7.14. The maximum atomic E-state index is 11.6. The summed E-state index contributed by atoms with van der Waals surface area (Å²) in [5.41, 5.74) is 0.564. The van der Waals surface area contributed by atoms with Crippen molar-refractivity contribution in [2.24, 2.45) is 0 Å². The molecule has 0 saturated carbocycles. The number of hydrogen-bond donors (Lipinski definition) is 2. The largest absolute Gasteiger partial charge is 0.497 e. The van der Waals surface area contributed by atoms with Crippen LogP contribution in [0, 0.1) is 0 Å². The van der Waals surface area contributed by atoms with Crippen molar-refractivity contribution >= 4 is 23.2 Å². The molecule has 0 bridgehead atoms. The first-order chi connectivity index (χ1) is 8.17. The van der Waals surface area contributed by atoms with E-state index >= 15 is 0 Å². The van der Waals surface area contributed by atoms with Crippen LogP contribution in [-0.4, -0.2) is 26.1 Å². The molecule has 2 N–H and O–H groups in total. The lowest BCUT2D eigenvalue weighted by Gasteiger charge is -2.09. The zero-order chi connectivity index (χ0) is 12.7. The highest BCUT2D eigenvalue weighted by Crippen LogP contribution is 2.26. The first-order valence-electron chi connectivity index (χ1n) is 5.51. The normalized spacial score (nSPS) is 10.1. The minimum Gasteiger partial charge on any atom is -0.497 e. The summed E-state index contributed by atoms with van der Waals surface area (Å²) in [6.45, 7) is 3.14. The summed E-state index contributed by atoms with van der Waals surface area (Å²) < 4.78 is 5.06. The van der Waals surface area contributed by atoms with Crippen molar-refractivity contribution in [3.05, 3.63) is 23.2 Å². The van der Waals surface area contributed by atoms with E-state index in [4.69, 9.17) is 16.3 Å². The fourth-order valence-electron chi connectivity index (χ4n) is 1.30. The third-order valence-corrected chi connectivity index (χ3v) is 2.49. The van der Waals surface area contributed by atoms with E-state index < -0.39 is 0 Å². The zero-order valence-electron chi connectivity index (χ0n) is 10.0. The van der Waals surface area contributed by atoms with Gasteiger partial charge in [0.25, 0.3) is 0 Å². The van der Waals surface area contributed by atoms with E-state index in [0.29, 0.717) is 16.5 Å². The summed E-state index contributed by atoms with van der Waals surface area (Å²) in [7, 11) is 1.57. The van der Waals surface area contributed by atoms with Crippen LogP contribution in [0.2, 0.25) is 5.02 Å². The number of anilines is 1. The van der Waals surface area contributed by atoms with Crippen LogP contribution in [0.25, 0.3) is 0 Å². The Balaban J connectivity index is 2.57. The smallest absolute Gasteiger partial charge is 0.238 e. The molecule has 0 saturated heterocycles. The van der Waals surface area contributed by atoms with E-state index in [0.717, 1.165) is 13.0 Å². The molecule has 0 spiro atoms. The third-order valence-electron chi connectivity index (χ3n) is 2.16. The van der Waals surface area contributed by atoms with Gasteiger partial charge in [-0.15, -0.1) is 0 Å². The summed E-state index contributed by atoms with van der Waals surface area (Å²) in [6.07, 6.45) is 0.993. The maximum Gasteiger partial charge on any atom is 0.238 e. The lowest BCUT2D eigenvalue weighted by Crippen LogP contribution is -2.28. The molecule has 4 nitrogen and oxygen atoms in total. The highest BCUT2D eigenvalue weighted by Gasteiger charge is 2.06. The Bertz CT molecular complexity index is 383. The third kappa shape index (κ3) is 4.63. The monoisotopic (exact) mass is 256 g/mol. The predicted molar refractivity (Wildman–Crippen MR) is 69.8 cm³/mol. The summed E-state index contributed by atoms with van der Waals surface area (Å²) in [6, 6.07) is 5.13. The number of methoxy groups -OCH3 is 1. The minimum atomic E-state index is -0.117. The van der Waals surface area contributed by atoms with Crippen molar-refractivity contribution < 1.29 is 9.53 Å². The van der Waals surface area contributed by atoms with Gasteiger partial charge in [0.2, 0.25) is 5.91 Å². The fraction of sp³-hybridized carbons (Fsp3) is 0.417. The van der Waals surface area contributed by atoms with Gasteiger partial charge in [-0.25, -0.2) is 0 Å². The van der Waals surface area contributed by atoms with E-state index in [-0.39, 0.29) is 12.5 Å². The van der Waals surface area contributed by atoms with Crippen molar-refractivity contribution in [2.75, 3.05) is 25.5 Å². The lowest BCUT2D eigenvalue weighted by molar-refractivity contribution is -0.115. The number of nitrogens with one attached hydrogen (secondary N) is 2. The Kier molecular flexibility index (Phi) is 5.80. The van der Waals surface area contributed by atoms with Crippen LogP contribution in [0.3, 0.4) is 0 Å². The summed E-state index contributed by atoms with van der Waals surface area (Å²) in [4.78, 5) is 11.6. The molecule has 0 aliphatic rings. The summed E-state index contributed by atoms with van der Waals surface area (Å²) >= 11 is 5.97. The summed E-state index contributed by atoms with van der Waals surface area (Å²) in [5.74, 6) is 0.542. The number of halogens is 1.